The molecule has 1 aliphatic rings. The second-order valence-electron chi connectivity index (χ2n) is 8.14. The van der Waals surface area contributed by atoms with Crippen molar-refractivity contribution in [1.29, 1.82) is 0 Å². The molecule has 0 radical (unpaired) electrons. The molecule has 0 saturated carbocycles. The van der Waals surface area contributed by atoms with Crippen LogP contribution in [-0.4, -0.2) is 60.2 Å². The number of carbonyl (C=O) groups is 3. The summed E-state index contributed by atoms with van der Waals surface area (Å²) in [6.07, 6.45) is 1.51. The minimum atomic E-state index is -0.516. The molecule has 1 atom stereocenters. The lowest BCUT2D eigenvalue weighted by Crippen LogP contribution is -2.43. The van der Waals surface area contributed by atoms with Crippen LogP contribution in [0.3, 0.4) is 0 Å². The molecule has 10 heteroatoms. The third-order valence-corrected chi connectivity index (χ3v) is 6.63. The standard InChI is InChI=1S/C24H29Cl2N3O5/c1-5-29-15(3)20(14(2)22(29)23(31)33-4)19(30)13-28(12-16-8-7-11-34-16)24(32)27-21-17(25)9-6-10-18(21)26/h6,9-10,16H,5,7-8,11-13H2,1-4H3,(H,27,32). The highest BCUT2D eigenvalue weighted by molar-refractivity contribution is 6.39. The number of benzene rings is 1. The third-order valence-electron chi connectivity index (χ3n) is 6.01. The van der Waals surface area contributed by atoms with E-state index >= 15 is 0 Å². The zero-order valence-electron chi connectivity index (χ0n) is 19.7. The Labute approximate surface area is 209 Å². The number of nitrogens with one attached hydrogen (secondary N) is 1. The first-order valence-corrected chi connectivity index (χ1v) is 11.9. The van der Waals surface area contributed by atoms with Gasteiger partial charge < -0.3 is 24.3 Å². The van der Waals surface area contributed by atoms with Crippen molar-refractivity contribution in [2.24, 2.45) is 0 Å². The molecule has 2 aromatic rings. The molecular formula is C24H29Cl2N3O5. The number of esters is 1. The molecule has 1 fully saturated rings. The van der Waals surface area contributed by atoms with Crippen LogP contribution >= 0.6 is 23.2 Å². The minimum Gasteiger partial charge on any atom is -0.464 e. The van der Waals surface area contributed by atoms with Gasteiger partial charge in [0, 0.05) is 31.0 Å². The van der Waals surface area contributed by atoms with Crippen LogP contribution in [0.4, 0.5) is 10.5 Å². The van der Waals surface area contributed by atoms with Gasteiger partial charge in [-0.15, -0.1) is 0 Å². The molecule has 0 aliphatic carbocycles. The molecule has 0 spiro atoms. The Morgan fingerprint density at radius 1 is 1.24 bits per heavy atom. The number of ketones is 1. The van der Waals surface area contributed by atoms with E-state index in [4.69, 9.17) is 32.7 Å². The van der Waals surface area contributed by atoms with E-state index in [2.05, 4.69) is 5.32 Å². The van der Waals surface area contributed by atoms with Crippen LogP contribution in [0.1, 0.15) is 51.9 Å². The first kappa shape index (κ1) is 26.1. The molecular weight excluding hydrogens is 481 g/mol. The van der Waals surface area contributed by atoms with E-state index in [1.54, 1.807) is 36.6 Å². The Kier molecular flexibility index (Phi) is 8.62. The number of nitrogens with zero attached hydrogens (tertiary/aromatic N) is 2. The molecule has 184 valence electrons. The van der Waals surface area contributed by atoms with Crippen molar-refractivity contribution >= 4 is 46.7 Å². The number of rotatable bonds is 8. The van der Waals surface area contributed by atoms with Crippen LogP contribution in [0.5, 0.6) is 0 Å². The number of anilines is 1. The first-order valence-electron chi connectivity index (χ1n) is 11.1. The van der Waals surface area contributed by atoms with E-state index < -0.39 is 12.0 Å². The zero-order valence-corrected chi connectivity index (χ0v) is 21.3. The quantitative estimate of drug-likeness (QED) is 0.394. The summed E-state index contributed by atoms with van der Waals surface area (Å²) in [5.74, 6) is -0.797. The van der Waals surface area contributed by atoms with Gasteiger partial charge in [-0.05, 0) is 51.3 Å². The van der Waals surface area contributed by atoms with Gasteiger partial charge in [-0.3, -0.25) is 4.79 Å². The summed E-state index contributed by atoms with van der Waals surface area (Å²) in [6.45, 7) is 6.52. The van der Waals surface area contributed by atoms with Crippen molar-refractivity contribution in [2.75, 3.05) is 32.1 Å². The maximum Gasteiger partial charge on any atom is 0.354 e. The number of methoxy groups -OCH3 is 1. The van der Waals surface area contributed by atoms with Gasteiger partial charge in [-0.2, -0.15) is 0 Å². The number of carbonyl (C=O) groups excluding carboxylic acids is 3. The molecule has 34 heavy (non-hydrogen) atoms. The van der Waals surface area contributed by atoms with Crippen molar-refractivity contribution in [3.8, 4) is 0 Å². The number of amides is 2. The predicted octanol–water partition coefficient (Wildman–Crippen LogP) is 5.11. The molecule has 1 unspecified atom stereocenters. The highest BCUT2D eigenvalue weighted by atomic mass is 35.5. The Hall–Kier alpha value is -2.55. The summed E-state index contributed by atoms with van der Waals surface area (Å²) in [5, 5.41) is 3.31. The average molecular weight is 510 g/mol. The molecule has 3 rings (SSSR count). The summed E-state index contributed by atoms with van der Waals surface area (Å²) >= 11 is 12.4. The van der Waals surface area contributed by atoms with Crippen molar-refractivity contribution in [1.82, 2.24) is 9.47 Å². The lowest BCUT2D eigenvalue weighted by Gasteiger charge is -2.26. The van der Waals surface area contributed by atoms with Gasteiger partial charge in [0.25, 0.3) is 0 Å². The van der Waals surface area contributed by atoms with E-state index in [0.29, 0.717) is 45.7 Å². The van der Waals surface area contributed by atoms with Gasteiger partial charge in [-0.1, -0.05) is 29.3 Å². The molecule has 8 nitrogen and oxygen atoms in total. The van der Waals surface area contributed by atoms with Gasteiger partial charge in [-0.25, -0.2) is 9.59 Å². The topological polar surface area (TPSA) is 89.9 Å². The van der Waals surface area contributed by atoms with E-state index in [1.165, 1.54) is 12.0 Å². The number of Topliss-reactive ketones (excluding diaryl/α,β-unsaturated/α-hetero) is 1. The van der Waals surface area contributed by atoms with E-state index in [0.717, 1.165) is 12.8 Å². The molecule has 1 aromatic carbocycles. The highest BCUT2D eigenvalue weighted by Crippen LogP contribution is 2.30. The summed E-state index contributed by atoms with van der Waals surface area (Å²) < 4.78 is 12.4. The van der Waals surface area contributed by atoms with Crippen LogP contribution in [0.15, 0.2) is 18.2 Å². The van der Waals surface area contributed by atoms with Crippen molar-refractivity contribution in [3.63, 3.8) is 0 Å². The lowest BCUT2D eigenvalue weighted by atomic mass is 10.0. The summed E-state index contributed by atoms with van der Waals surface area (Å²) in [7, 11) is 1.30. The molecule has 2 amide bonds. The van der Waals surface area contributed by atoms with Crippen LogP contribution in [0.25, 0.3) is 0 Å². The Balaban J connectivity index is 1.91. The Morgan fingerprint density at radius 2 is 1.91 bits per heavy atom. The van der Waals surface area contributed by atoms with E-state index in [9.17, 15) is 14.4 Å². The van der Waals surface area contributed by atoms with Crippen LogP contribution in [0.2, 0.25) is 10.0 Å². The van der Waals surface area contributed by atoms with Crippen LogP contribution in [0, 0.1) is 13.8 Å². The number of ether oxygens (including phenoxy) is 2. The number of halogens is 2. The average Bonchev–Trinajstić information content (AvgIpc) is 3.40. The van der Waals surface area contributed by atoms with E-state index in [-0.39, 0.29) is 30.7 Å². The largest absolute Gasteiger partial charge is 0.464 e. The lowest BCUT2D eigenvalue weighted by molar-refractivity contribution is 0.0587. The highest BCUT2D eigenvalue weighted by Gasteiger charge is 2.30. The minimum absolute atomic E-state index is 0.173. The summed E-state index contributed by atoms with van der Waals surface area (Å²) in [5.41, 5.74) is 2.20. The van der Waals surface area contributed by atoms with Crippen LogP contribution in [-0.2, 0) is 16.0 Å². The fourth-order valence-electron chi connectivity index (χ4n) is 4.37. The molecule has 1 aromatic heterocycles. The van der Waals surface area contributed by atoms with E-state index in [1.807, 2.05) is 6.92 Å². The molecule has 1 aliphatic heterocycles. The van der Waals surface area contributed by atoms with Gasteiger partial charge >= 0.3 is 12.0 Å². The number of hydrogen-bond donors (Lipinski definition) is 1. The van der Waals surface area contributed by atoms with Gasteiger partial charge in [0.05, 0.1) is 35.5 Å². The molecule has 2 heterocycles. The predicted molar refractivity (Wildman–Crippen MR) is 131 cm³/mol. The van der Waals surface area contributed by atoms with Crippen LogP contribution < -0.4 is 5.32 Å². The normalized spacial score (nSPS) is 15.3. The van der Waals surface area contributed by atoms with Crippen molar-refractivity contribution < 1.29 is 23.9 Å². The number of urea groups is 1. The fourth-order valence-corrected chi connectivity index (χ4v) is 4.86. The Morgan fingerprint density at radius 3 is 2.47 bits per heavy atom. The Bertz CT molecular complexity index is 1070. The first-order chi connectivity index (χ1) is 16.2. The second kappa shape index (κ2) is 11.3. The fraction of sp³-hybridized carbons (Fsp3) is 0.458. The molecule has 0 bridgehead atoms. The zero-order chi connectivity index (χ0) is 25.0. The smallest absolute Gasteiger partial charge is 0.354 e. The monoisotopic (exact) mass is 509 g/mol. The second-order valence-corrected chi connectivity index (χ2v) is 8.95. The summed E-state index contributed by atoms with van der Waals surface area (Å²) in [6, 6.07) is 4.40. The van der Waals surface area contributed by atoms with Gasteiger partial charge in [0.1, 0.15) is 5.69 Å². The third kappa shape index (κ3) is 5.40. The number of aromatic nitrogens is 1. The maximum absolute atomic E-state index is 13.5. The maximum atomic E-state index is 13.5. The van der Waals surface area contributed by atoms with Gasteiger partial charge in [0.2, 0.25) is 0 Å². The van der Waals surface area contributed by atoms with Gasteiger partial charge in [0.15, 0.2) is 5.78 Å². The van der Waals surface area contributed by atoms with Crippen molar-refractivity contribution in [3.05, 3.63) is 50.8 Å². The molecule has 1 N–H and O–H groups in total. The number of hydrogen-bond acceptors (Lipinski definition) is 5. The van der Waals surface area contributed by atoms with Crippen molar-refractivity contribution in [2.45, 2.75) is 46.3 Å². The summed E-state index contributed by atoms with van der Waals surface area (Å²) in [4.78, 5) is 40.5. The molecule has 1 saturated heterocycles. The number of para-hydroxylation sites is 1. The SMILES string of the molecule is CCn1c(C)c(C(=O)CN(CC2CCCO2)C(=O)Nc2c(Cl)cccc2Cl)c(C)c1C(=O)OC.